The first-order valence-corrected chi connectivity index (χ1v) is 9.41. The fourth-order valence-corrected chi connectivity index (χ4v) is 3.97. The zero-order chi connectivity index (χ0) is 20.0. The molecule has 1 saturated heterocycles. The number of benzene rings is 1. The van der Waals surface area contributed by atoms with Crippen LogP contribution in [0, 0.1) is 13.8 Å². The van der Waals surface area contributed by atoms with Crippen molar-refractivity contribution in [2.45, 2.75) is 33.1 Å². The Balaban J connectivity index is 2.00. The van der Waals surface area contributed by atoms with E-state index in [-0.39, 0.29) is 17.1 Å². The fourth-order valence-electron chi connectivity index (χ4n) is 3.97. The van der Waals surface area contributed by atoms with Gasteiger partial charge < -0.3 is 21.5 Å². The monoisotopic (exact) mass is 380 g/mol. The number of aromatic hydroxyl groups is 1. The van der Waals surface area contributed by atoms with Crippen LogP contribution >= 0.6 is 0 Å². The summed E-state index contributed by atoms with van der Waals surface area (Å²) in [5, 5.41) is 10.2. The third-order valence-corrected chi connectivity index (χ3v) is 5.44. The molecule has 28 heavy (non-hydrogen) atoms. The zero-order valence-electron chi connectivity index (χ0n) is 16.1. The topological polar surface area (TPSA) is 123 Å². The van der Waals surface area contributed by atoms with Gasteiger partial charge in [-0.3, -0.25) is 9.36 Å². The van der Waals surface area contributed by atoms with Crippen molar-refractivity contribution in [1.82, 2.24) is 14.5 Å². The first-order valence-electron chi connectivity index (χ1n) is 9.41. The number of hydrogen-bond donors (Lipinski definition) is 3. The van der Waals surface area contributed by atoms with Crippen molar-refractivity contribution < 1.29 is 9.90 Å². The highest BCUT2D eigenvalue weighted by molar-refractivity contribution is 6.09. The highest BCUT2D eigenvalue weighted by Crippen LogP contribution is 2.35. The number of primary amides is 1. The summed E-state index contributed by atoms with van der Waals surface area (Å²) in [6, 6.07) is 3.42. The van der Waals surface area contributed by atoms with E-state index in [1.807, 2.05) is 6.92 Å². The number of carbonyl (C=O) groups is 1. The third kappa shape index (κ3) is 2.72. The molecule has 1 aliphatic rings. The van der Waals surface area contributed by atoms with Crippen molar-refractivity contribution in [3.05, 3.63) is 35.0 Å². The maximum absolute atomic E-state index is 12.2. The number of phenolic OH excluding ortho intramolecular Hbond substituents is 1. The zero-order valence-corrected chi connectivity index (χ0v) is 16.1. The van der Waals surface area contributed by atoms with E-state index < -0.39 is 5.91 Å². The lowest BCUT2D eigenvalue weighted by atomic mass is 10.1. The molecule has 2 aromatic heterocycles. The van der Waals surface area contributed by atoms with Gasteiger partial charge in [0.05, 0.1) is 11.9 Å². The van der Waals surface area contributed by atoms with Crippen LogP contribution in [0.25, 0.3) is 16.9 Å². The summed E-state index contributed by atoms with van der Waals surface area (Å²) in [6.07, 6.45) is 5.13. The summed E-state index contributed by atoms with van der Waals surface area (Å²) in [5.41, 5.74) is 15.2. The minimum atomic E-state index is -0.651. The van der Waals surface area contributed by atoms with Gasteiger partial charge in [-0.2, -0.15) is 0 Å². The minimum absolute atomic E-state index is 0.139. The van der Waals surface area contributed by atoms with E-state index in [0.29, 0.717) is 22.4 Å². The van der Waals surface area contributed by atoms with Crippen LogP contribution in [0.4, 0.5) is 11.6 Å². The molecule has 4 rings (SSSR count). The van der Waals surface area contributed by atoms with Gasteiger partial charge in [-0.25, -0.2) is 9.97 Å². The lowest BCUT2D eigenvalue weighted by molar-refractivity contribution is 0.100. The summed E-state index contributed by atoms with van der Waals surface area (Å²) in [5.74, 6) is 0.383. The maximum atomic E-state index is 12.2. The average Bonchev–Trinajstić information content (AvgIpc) is 2.97. The van der Waals surface area contributed by atoms with Crippen LogP contribution in [0.2, 0.25) is 0 Å². The molecule has 1 fully saturated rings. The molecule has 0 radical (unpaired) electrons. The number of nitrogens with two attached hydrogens (primary N) is 2. The molecule has 8 nitrogen and oxygen atoms in total. The average molecular weight is 380 g/mol. The lowest BCUT2D eigenvalue weighted by Crippen LogP contribution is -2.30. The van der Waals surface area contributed by atoms with Crippen molar-refractivity contribution in [3.8, 4) is 11.4 Å². The smallest absolute Gasteiger partial charge is 0.254 e. The third-order valence-electron chi connectivity index (χ3n) is 5.44. The van der Waals surface area contributed by atoms with Gasteiger partial charge in [-0.05, 0) is 44.7 Å². The molecule has 3 heterocycles. The standard InChI is InChI=1S/C20H24N6O2/c1-11-6-7-13(27)12(2)17(11)26-18(21)15(19(22)28)16-20(26)23-10-14(24-16)25-8-4-3-5-9-25/h6-7,10,27H,3-5,8-9,21H2,1-2H3,(H2,22,28). The van der Waals surface area contributed by atoms with Gasteiger partial charge in [0.25, 0.3) is 5.91 Å². The molecular formula is C20H24N6O2. The SMILES string of the molecule is Cc1ccc(O)c(C)c1-n1c(N)c(C(N)=O)c2nc(N3CCCCC3)cnc21. The molecule has 146 valence electrons. The Hall–Kier alpha value is -3.29. The summed E-state index contributed by atoms with van der Waals surface area (Å²) < 4.78 is 1.66. The number of amides is 1. The van der Waals surface area contributed by atoms with Gasteiger partial charge in [0.2, 0.25) is 0 Å². The van der Waals surface area contributed by atoms with Gasteiger partial charge in [0.15, 0.2) is 5.65 Å². The number of aromatic nitrogens is 3. The summed E-state index contributed by atoms with van der Waals surface area (Å²) in [6.45, 7) is 5.52. The van der Waals surface area contributed by atoms with E-state index in [1.54, 1.807) is 29.8 Å². The summed E-state index contributed by atoms with van der Waals surface area (Å²) in [4.78, 5) is 23.7. The van der Waals surface area contributed by atoms with Gasteiger partial charge >= 0.3 is 0 Å². The minimum Gasteiger partial charge on any atom is -0.508 e. The van der Waals surface area contributed by atoms with Crippen LogP contribution in [0.5, 0.6) is 5.75 Å². The molecule has 0 aliphatic carbocycles. The Morgan fingerprint density at radius 3 is 2.57 bits per heavy atom. The summed E-state index contributed by atoms with van der Waals surface area (Å²) in [7, 11) is 0. The number of nitrogens with zero attached hydrogens (tertiary/aromatic N) is 4. The van der Waals surface area contributed by atoms with E-state index in [2.05, 4.69) is 9.88 Å². The van der Waals surface area contributed by atoms with E-state index in [0.717, 1.165) is 37.3 Å². The molecule has 0 bridgehead atoms. The normalized spacial score (nSPS) is 14.6. The van der Waals surface area contributed by atoms with E-state index in [9.17, 15) is 9.90 Å². The first kappa shape index (κ1) is 18.1. The van der Waals surface area contributed by atoms with Gasteiger partial charge in [0, 0.05) is 18.7 Å². The number of phenols is 1. The second-order valence-corrected chi connectivity index (χ2v) is 7.28. The number of anilines is 2. The number of nitrogen functional groups attached to an aromatic ring is 1. The molecule has 0 atom stereocenters. The molecular weight excluding hydrogens is 356 g/mol. The molecule has 1 aromatic carbocycles. The molecule has 0 unspecified atom stereocenters. The van der Waals surface area contributed by atoms with E-state index in [4.69, 9.17) is 16.5 Å². The van der Waals surface area contributed by atoms with Crippen molar-refractivity contribution in [3.63, 3.8) is 0 Å². The Kier molecular flexibility index (Phi) is 4.33. The predicted molar refractivity (Wildman–Crippen MR) is 109 cm³/mol. The van der Waals surface area contributed by atoms with Crippen molar-refractivity contribution in [1.29, 1.82) is 0 Å². The number of piperidine rings is 1. The van der Waals surface area contributed by atoms with Gasteiger partial charge in [-0.1, -0.05) is 6.07 Å². The van der Waals surface area contributed by atoms with Crippen molar-refractivity contribution >= 4 is 28.7 Å². The first-order chi connectivity index (χ1) is 13.4. The van der Waals surface area contributed by atoms with E-state index in [1.165, 1.54) is 6.42 Å². The van der Waals surface area contributed by atoms with Crippen LogP contribution < -0.4 is 16.4 Å². The second-order valence-electron chi connectivity index (χ2n) is 7.28. The van der Waals surface area contributed by atoms with Crippen LogP contribution in [0.15, 0.2) is 18.3 Å². The number of hydrogen-bond acceptors (Lipinski definition) is 6. The Morgan fingerprint density at radius 2 is 1.89 bits per heavy atom. The quantitative estimate of drug-likeness (QED) is 0.641. The molecule has 0 saturated carbocycles. The van der Waals surface area contributed by atoms with Gasteiger partial charge in [0.1, 0.15) is 28.5 Å². The maximum Gasteiger partial charge on any atom is 0.254 e. The Labute approximate surface area is 162 Å². The lowest BCUT2D eigenvalue weighted by Gasteiger charge is -2.27. The van der Waals surface area contributed by atoms with E-state index >= 15 is 0 Å². The molecule has 0 spiro atoms. The Bertz CT molecular complexity index is 1080. The number of fused-ring (bicyclic) bond motifs is 1. The molecule has 1 aliphatic heterocycles. The van der Waals surface area contributed by atoms with Crippen molar-refractivity contribution in [2.24, 2.45) is 5.73 Å². The highest BCUT2D eigenvalue weighted by Gasteiger charge is 2.26. The largest absolute Gasteiger partial charge is 0.508 e. The van der Waals surface area contributed by atoms with Crippen molar-refractivity contribution in [2.75, 3.05) is 23.7 Å². The molecule has 3 aromatic rings. The Morgan fingerprint density at radius 1 is 1.18 bits per heavy atom. The molecule has 8 heteroatoms. The molecule has 5 N–H and O–H groups in total. The van der Waals surface area contributed by atoms with Crippen LogP contribution in [-0.2, 0) is 0 Å². The van der Waals surface area contributed by atoms with Crippen LogP contribution in [-0.4, -0.2) is 38.6 Å². The highest BCUT2D eigenvalue weighted by atomic mass is 16.3. The van der Waals surface area contributed by atoms with Crippen LogP contribution in [0.3, 0.4) is 0 Å². The second kappa shape index (κ2) is 6.70. The number of rotatable bonds is 3. The molecule has 1 amide bonds. The van der Waals surface area contributed by atoms with Gasteiger partial charge in [-0.15, -0.1) is 0 Å². The van der Waals surface area contributed by atoms with Crippen LogP contribution in [0.1, 0.15) is 40.7 Å². The fraction of sp³-hybridized carbons (Fsp3) is 0.350. The number of aryl methyl sites for hydroxylation is 1. The predicted octanol–water partition coefficient (Wildman–Crippen LogP) is 2.41. The number of carbonyl (C=O) groups excluding carboxylic acids is 1. The summed E-state index contributed by atoms with van der Waals surface area (Å²) >= 11 is 0.